The topological polar surface area (TPSA) is 67.9 Å². The summed E-state index contributed by atoms with van der Waals surface area (Å²) in [6.07, 6.45) is 0.831. The van der Waals surface area contributed by atoms with E-state index in [0.29, 0.717) is 37.0 Å². The highest BCUT2D eigenvalue weighted by Crippen LogP contribution is 2.31. The Bertz CT molecular complexity index is 914. The molecule has 31 heavy (non-hydrogen) atoms. The average molecular weight is 445 g/mol. The summed E-state index contributed by atoms with van der Waals surface area (Å²) in [4.78, 5) is 27.4. The van der Waals surface area contributed by atoms with Crippen LogP contribution in [0.25, 0.3) is 0 Å². The molecule has 2 amide bonds. The molecule has 2 aromatic carbocycles. The Morgan fingerprint density at radius 1 is 1.00 bits per heavy atom. The van der Waals surface area contributed by atoms with E-state index in [2.05, 4.69) is 5.32 Å². The molecule has 6 nitrogen and oxygen atoms in total. The van der Waals surface area contributed by atoms with E-state index in [4.69, 9.17) is 21.1 Å². The molecule has 0 spiro atoms. The van der Waals surface area contributed by atoms with Crippen molar-refractivity contribution in [1.29, 1.82) is 0 Å². The van der Waals surface area contributed by atoms with Gasteiger partial charge in [-0.25, -0.2) is 0 Å². The number of carbonyl (C=O) groups is 2. The van der Waals surface area contributed by atoms with E-state index in [1.54, 1.807) is 24.0 Å². The van der Waals surface area contributed by atoms with Gasteiger partial charge in [-0.1, -0.05) is 29.8 Å². The number of nitrogens with one attached hydrogen (secondary N) is 1. The minimum absolute atomic E-state index is 0.000137. The predicted molar refractivity (Wildman–Crippen MR) is 120 cm³/mol. The van der Waals surface area contributed by atoms with Crippen LogP contribution in [0.3, 0.4) is 0 Å². The van der Waals surface area contributed by atoms with Crippen LogP contribution in [0.4, 0.5) is 0 Å². The molecule has 0 saturated heterocycles. The van der Waals surface area contributed by atoms with Crippen LogP contribution in [-0.4, -0.2) is 42.0 Å². The lowest BCUT2D eigenvalue weighted by atomic mass is 10.1. The Labute approximate surface area is 188 Å². The molecule has 1 heterocycles. The van der Waals surface area contributed by atoms with Gasteiger partial charge >= 0.3 is 0 Å². The molecule has 0 fully saturated rings. The van der Waals surface area contributed by atoms with E-state index < -0.39 is 6.04 Å². The molecule has 1 aliphatic heterocycles. The summed E-state index contributed by atoms with van der Waals surface area (Å²) in [6, 6.07) is 12.5. The summed E-state index contributed by atoms with van der Waals surface area (Å²) in [6.45, 7) is 6.96. The molecule has 0 bridgehead atoms. The number of hydrogen-bond acceptors (Lipinski definition) is 4. The summed E-state index contributed by atoms with van der Waals surface area (Å²) in [5.41, 5.74) is 1.91. The van der Waals surface area contributed by atoms with Gasteiger partial charge < -0.3 is 19.7 Å². The van der Waals surface area contributed by atoms with Crippen molar-refractivity contribution in [2.24, 2.45) is 0 Å². The molecule has 1 atom stereocenters. The second-order valence-electron chi connectivity index (χ2n) is 7.97. The number of aryl methyl sites for hydroxylation is 1. The number of benzene rings is 2. The van der Waals surface area contributed by atoms with Gasteiger partial charge in [0, 0.05) is 24.0 Å². The lowest BCUT2D eigenvalue weighted by molar-refractivity contribution is -0.140. The van der Waals surface area contributed by atoms with Gasteiger partial charge in [0.1, 0.15) is 19.3 Å². The zero-order valence-corrected chi connectivity index (χ0v) is 18.9. The van der Waals surface area contributed by atoms with Gasteiger partial charge in [0.25, 0.3) is 0 Å². The first-order chi connectivity index (χ1) is 14.8. The zero-order chi connectivity index (χ0) is 22.4. The van der Waals surface area contributed by atoms with Gasteiger partial charge in [-0.15, -0.1) is 0 Å². The third-order valence-electron chi connectivity index (χ3n) is 5.10. The quantitative estimate of drug-likeness (QED) is 0.668. The number of carbonyl (C=O) groups excluding carboxylic acids is 2. The van der Waals surface area contributed by atoms with Crippen molar-refractivity contribution in [3.63, 3.8) is 0 Å². The Hall–Kier alpha value is -2.73. The van der Waals surface area contributed by atoms with Gasteiger partial charge in [-0.05, 0) is 62.6 Å². The molecule has 0 aromatic heterocycles. The van der Waals surface area contributed by atoms with Crippen molar-refractivity contribution in [2.75, 3.05) is 13.2 Å². The van der Waals surface area contributed by atoms with Crippen LogP contribution >= 0.6 is 11.6 Å². The Balaban J connectivity index is 1.71. The number of fused-ring (bicyclic) bond motifs is 1. The van der Waals surface area contributed by atoms with E-state index in [1.165, 1.54) is 0 Å². The standard InChI is InChI=1S/C24H29ClN2O4/c1-16(2)26-24(29)17(3)27(15-19-4-8-20(25)9-5-19)23(28)11-7-18-6-10-21-22(14-18)31-13-12-30-21/h4-6,8-10,14,16-17H,7,11-13,15H2,1-3H3,(H,26,29)/t17-/m1/s1. The zero-order valence-electron chi connectivity index (χ0n) is 18.2. The molecule has 0 aliphatic carbocycles. The molecule has 0 radical (unpaired) electrons. The van der Waals surface area contributed by atoms with Crippen molar-refractivity contribution in [3.05, 3.63) is 58.6 Å². The summed E-state index contributed by atoms with van der Waals surface area (Å²) >= 11 is 5.99. The van der Waals surface area contributed by atoms with Crippen LogP contribution in [0, 0.1) is 0 Å². The highest BCUT2D eigenvalue weighted by molar-refractivity contribution is 6.30. The largest absolute Gasteiger partial charge is 0.486 e. The first kappa shape index (κ1) is 22.9. The minimum atomic E-state index is -0.592. The normalized spacial score (nSPS) is 13.6. The van der Waals surface area contributed by atoms with Gasteiger partial charge in [0.15, 0.2) is 11.5 Å². The molecule has 0 unspecified atom stereocenters. The molecule has 166 valence electrons. The minimum Gasteiger partial charge on any atom is -0.486 e. The van der Waals surface area contributed by atoms with Crippen LogP contribution in [0.15, 0.2) is 42.5 Å². The summed E-state index contributed by atoms with van der Waals surface area (Å²) in [5.74, 6) is 1.18. The molecular formula is C24H29ClN2O4. The maximum atomic E-state index is 13.2. The summed E-state index contributed by atoms with van der Waals surface area (Å²) < 4.78 is 11.2. The highest BCUT2D eigenvalue weighted by Gasteiger charge is 2.26. The number of hydrogen-bond donors (Lipinski definition) is 1. The molecule has 7 heteroatoms. The molecule has 1 aliphatic rings. The molecular weight excluding hydrogens is 416 g/mol. The number of ether oxygens (including phenoxy) is 2. The molecule has 0 saturated carbocycles. The van der Waals surface area contributed by atoms with Crippen molar-refractivity contribution in [1.82, 2.24) is 10.2 Å². The smallest absolute Gasteiger partial charge is 0.242 e. The SMILES string of the molecule is CC(C)NC(=O)[C@@H](C)N(Cc1ccc(Cl)cc1)C(=O)CCc1ccc2c(c1)OCCO2. The number of rotatable bonds is 8. The third-order valence-corrected chi connectivity index (χ3v) is 5.35. The van der Waals surface area contributed by atoms with E-state index >= 15 is 0 Å². The van der Waals surface area contributed by atoms with Gasteiger partial charge in [0.2, 0.25) is 11.8 Å². The Morgan fingerprint density at radius 2 is 1.65 bits per heavy atom. The number of halogens is 1. The Morgan fingerprint density at radius 3 is 2.32 bits per heavy atom. The van der Waals surface area contributed by atoms with Crippen LogP contribution in [0.2, 0.25) is 5.02 Å². The van der Waals surface area contributed by atoms with Crippen molar-refractivity contribution < 1.29 is 19.1 Å². The number of nitrogens with zero attached hydrogens (tertiary/aromatic N) is 1. The fraction of sp³-hybridized carbons (Fsp3) is 0.417. The van der Waals surface area contributed by atoms with E-state index in [0.717, 1.165) is 16.9 Å². The monoisotopic (exact) mass is 444 g/mol. The van der Waals surface area contributed by atoms with Crippen molar-refractivity contribution in [2.45, 2.75) is 52.2 Å². The first-order valence-electron chi connectivity index (χ1n) is 10.6. The van der Waals surface area contributed by atoms with E-state index in [1.807, 2.05) is 44.2 Å². The van der Waals surface area contributed by atoms with E-state index in [9.17, 15) is 9.59 Å². The lowest BCUT2D eigenvalue weighted by Crippen LogP contribution is -2.49. The molecule has 2 aromatic rings. The second kappa shape index (κ2) is 10.5. The summed E-state index contributed by atoms with van der Waals surface area (Å²) in [5, 5.41) is 3.53. The lowest BCUT2D eigenvalue weighted by Gasteiger charge is -2.29. The Kier molecular flexibility index (Phi) is 7.80. The molecule has 3 rings (SSSR count). The van der Waals surface area contributed by atoms with Gasteiger partial charge in [0.05, 0.1) is 0 Å². The van der Waals surface area contributed by atoms with Gasteiger partial charge in [-0.2, -0.15) is 0 Å². The van der Waals surface area contributed by atoms with Gasteiger partial charge in [-0.3, -0.25) is 9.59 Å². The third kappa shape index (κ3) is 6.37. The predicted octanol–water partition coefficient (Wildman–Crippen LogP) is 3.99. The van der Waals surface area contributed by atoms with Crippen molar-refractivity contribution >= 4 is 23.4 Å². The van der Waals surface area contributed by atoms with Crippen LogP contribution in [0.5, 0.6) is 11.5 Å². The fourth-order valence-electron chi connectivity index (χ4n) is 3.41. The first-order valence-corrected chi connectivity index (χ1v) is 10.9. The van der Waals surface area contributed by atoms with E-state index in [-0.39, 0.29) is 24.3 Å². The maximum absolute atomic E-state index is 13.2. The average Bonchev–Trinajstić information content (AvgIpc) is 2.76. The fourth-order valence-corrected chi connectivity index (χ4v) is 3.54. The highest BCUT2D eigenvalue weighted by atomic mass is 35.5. The second-order valence-corrected chi connectivity index (χ2v) is 8.40. The van der Waals surface area contributed by atoms with Crippen LogP contribution in [0.1, 0.15) is 38.3 Å². The summed E-state index contributed by atoms with van der Waals surface area (Å²) in [7, 11) is 0. The maximum Gasteiger partial charge on any atom is 0.242 e. The van der Waals surface area contributed by atoms with Crippen LogP contribution in [-0.2, 0) is 22.6 Å². The molecule has 1 N–H and O–H groups in total. The van der Waals surface area contributed by atoms with Crippen LogP contribution < -0.4 is 14.8 Å². The number of amides is 2. The van der Waals surface area contributed by atoms with Crippen molar-refractivity contribution in [3.8, 4) is 11.5 Å².